The maximum absolute atomic E-state index is 11.9. The molecule has 0 saturated carbocycles. The van der Waals surface area contributed by atoms with Gasteiger partial charge in [0.15, 0.2) is 6.10 Å². The fourth-order valence-corrected chi connectivity index (χ4v) is 2.02. The van der Waals surface area contributed by atoms with Crippen LogP contribution in [0.2, 0.25) is 0 Å². The highest BCUT2D eigenvalue weighted by Crippen LogP contribution is 2.19. The van der Waals surface area contributed by atoms with E-state index in [0.717, 1.165) is 19.3 Å². The molecule has 0 aliphatic rings. The largest absolute Gasteiger partial charge is 0.481 e. The molecular formula is C18H28N2O3. The normalized spacial score (nSPS) is 11.9. The summed E-state index contributed by atoms with van der Waals surface area (Å²) in [6.45, 7) is 7.96. The molecule has 0 aliphatic heterocycles. The Morgan fingerprint density at radius 1 is 1.04 bits per heavy atom. The highest BCUT2D eigenvalue weighted by Gasteiger charge is 2.15. The molecule has 1 aromatic carbocycles. The second kappa shape index (κ2) is 9.87. The molecule has 0 radical (unpaired) electrons. The Morgan fingerprint density at radius 2 is 1.70 bits per heavy atom. The van der Waals surface area contributed by atoms with Crippen LogP contribution in [0.5, 0.6) is 5.75 Å². The summed E-state index contributed by atoms with van der Waals surface area (Å²) in [6, 6.07) is 7.67. The summed E-state index contributed by atoms with van der Waals surface area (Å²) >= 11 is 0. The van der Waals surface area contributed by atoms with E-state index < -0.39 is 6.10 Å². The highest BCUT2D eigenvalue weighted by atomic mass is 16.5. The van der Waals surface area contributed by atoms with Crippen LogP contribution in [0.25, 0.3) is 0 Å². The molecule has 2 N–H and O–H groups in total. The number of nitrogens with one attached hydrogen (secondary N) is 2. The first-order valence-electron chi connectivity index (χ1n) is 8.29. The maximum atomic E-state index is 11.9. The highest BCUT2D eigenvalue weighted by molar-refractivity contribution is 5.84. The van der Waals surface area contributed by atoms with Crippen molar-refractivity contribution in [2.45, 2.75) is 65.4 Å². The Bertz CT molecular complexity index is 497. The van der Waals surface area contributed by atoms with Crippen LogP contribution < -0.4 is 15.6 Å². The molecule has 128 valence electrons. The predicted octanol–water partition coefficient (Wildman–Crippen LogP) is 3.31. The molecule has 5 nitrogen and oxygen atoms in total. The number of hydrogen-bond acceptors (Lipinski definition) is 3. The third-order valence-electron chi connectivity index (χ3n) is 3.56. The molecule has 1 rings (SSSR count). The van der Waals surface area contributed by atoms with Gasteiger partial charge in [-0.15, -0.1) is 0 Å². The SMILES string of the molecule is CCCCCC(=O)NNC(=O)C(C)Oc1ccc(C(C)C)cc1. The van der Waals surface area contributed by atoms with Crippen LogP contribution in [0, 0.1) is 0 Å². The summed E-state index contributed by atoms with van der Waals surface area (Å²) in [5, 5.41) is 0. The zero-order chi connectivity index (χ0) is 17.2. The molecule has 0 heterocycles. The molecule has 23 heavy (non-hydrogen) atoms. The number of rotatable bonds is 8. The van der Waals surface area contributed by atoms with E-state index >= 15 is 0 Å². The number of amides is 2. The number of unbranched alkanes of at least 4 members (excludes halogenated alkanes) is 2. The van der Waals surface area contributed by atoms with Crippen molar-refractivity contribution >= 4 is 11.8 Å². The fourth-order valence-electron chi connectivity index (χ4n) is 2.02. The Hall–Kier alpha value is -2.04. The van der Waals surface area contributed by atoms with E-state index in [9.17, 15) is 9.59 Å². The lowest BCUT2D eigenvalue weighted by Crippen LogP contribution is -2.47. The molecule has 0 aromatic heterocycles. The molecule has 0 aliphatic carbocycles. The molecule has 0 saturated heterocycles. The van der Waals surface area contributed by atoms with E-state index in [1.54, 1.807) is 6.92 Å². The van der Waals surface area contributed by atoms with Gasteiger partial charge < -0.3 is 4.74 Å². The van der Waals surface area contributed by atoms with Gasteiger partial charge in [-0.3, -0.25) is 20.4 Å². The van der Waals surface area contributed by atoms with Gasteiger partial charge in [0.25, 0.3) is 5.91 Å². The van der Waals surface area contributed by atoms with Crippen molar-refractivity contribution in [3.63, 3.8) is 0 Å². The lowest BCUT2D eigenvalue weighted by atomic mass is 10.0. The van der Waals surface area contributed by atoms with Gasteiger partial charge in [0.2, 0.25) is 5.91 Å². The lowest BCUT2D eigenvalue weighted by Gasteiger charge is -2.15. The third kappa shape index (κ3) is 7.17. The molecule has 1 atom stereocenters. The van der Waals surface area contributed by atoms with Gasteiger partial charge in [-0.05, 0) is 37.0 Å². The van der Waals surface area contributed by atoms with Crippen molar-refractivity contribution < 1.29 is 14.3 Å². The van der Waals surface area contributed by atoms with Crippen LogP contribution in [0.1, 0.15) is 64.9 Å². The topological polar surface area (TPSA) is 67.4 Å². The minimum Gasteiger partial charge on any atom is -0.481 e. The Labute approximate surface area is 138 Å². The summed E-state index contributed by atoms with van der Waals surface area (Å²) in [7, 11) is 0. The summed E-state index contributed by atoms with van der Waals surface area (Å²) in [6.07, 6.45) is 2.62. The standard InChI is InChI=1S/C18H28N2O3/c1-5-6-7-8-17(21)19-20-18(22)14(4)23-16-11-9-15(10-12-16)13(2)3/h9-14H,5-8H2,1-4H3,(H,19,21)(H,20,22). The van der Waals surface area contributed by atoms with E-state index in [4.69, 9.17) is 4.74 Å². The predicted molar refractivity (Wildman–Crippen MR) is 91.0 cm³/mol. The number of hydrazine groups is 1. The monoisotopic (exact) mass is 320 g/mol. The van der Waals surface area contributed by atoms with Crippen molar-refractivity contribution in [3.8, 4) is 5.75 Å². The van der Waals surface area contributed by atoms with Gasteiger partial charge in [-0.1, -0.05) is 45.7 Å². The van der Waals surface area contributed by atoms with Gasteiger partial charge in [0.05, 0.1) is 0 Å². The molecule has 1 aromatic rings. The second-order valence-electron chi connectivity index (χ2n) is 5.98. The lowest BCUT2D eigenvalue weighted by molar-refractivity contribution is -0.132. The average molecular weight is 320 g/mol. The third-order valence-corrected chi connectivity index (χ3v) is 3.56. The van der Waals surface area contributed by atoms with Crippen molar-refractivity contribution in [1.82, 2.24) is 10.9 Å². The summed E-state index contributed by atoms with van der Waals surface area (Å²) < 4.78 is 5.58. The van der Waals surface area contributed by atoms with Gasteiger partial charge in [-0.25, -0.2) is 0 Å². The molecule has 2 amide bonds. The number of benzene rings is 1. The second-order valence-corrected chi connectivity index (χ2v) is 5.98. The summed E-state index contributed by atoms with van der Waals surface area (Å²) in [4.78, 5) is 23.4. The van der Waals surface area contributed by atoms with Crippen LogP contribution in [0.4, 0.5) is 0 Å². The first kappa shape index (κ1) is 19.0. The Kier molecular flexibility index (Phi) is 8.16. The molecule has 1 unspecified atom stereocenters. The summed E-state index contributed by atoms with van der Waals surface area (Å²) in [5.41, 5.74) is 6.03. The Balaban J connectivity index is 2.37. The molecule has 0 fully saturated rings. The number of hydrogen-bond donors (Lipinski definition) is 2. The van der Waals surface area contributed by atoms with Gasteiger partial charge in [0, 0.05) is 6.42 Å². The quantitative estimate of drug-likeness (QED) is 0.570. The zero-order valence-electron chi connectivity index (χ0n) is 14.5. The van der Waals surface area contributed by atoms with Crippen molar-refractivity contribution in [2.75, 3.05) is 0 Å². The number of ether oxygens (including phenoxy) is 1. The molecular weight excluding hydrogens is 292 g/mol. The van der Waals surface area contributed by atoms with Crippen molar-refractivity contribution in [3.05, 3.63) is 29.8 Å². The van der Waals surface area contributed by atoms with Crippen LogP contribution in [0.3, 0.4) is 0 Å². The fraction of sp³-hybridized carbons (Fsp3) is 0.556. The molecule has 0 bridgehead atoms. The molecule has 5 heteroatoms. The van der Waals surface area contributed by atoms with Crippen molar-refractivity contribution in [1.29, 1.82) is 0 Å². The first-order chi connectivity index (χ1) is 10.9. The average Bonchev–Trinajstić information content (AvgIpc) is 2.53. The van der Waals surface area contributed by atoms with E-state index in [0.29, 0.717) is 18.1 Å². The van der Waals surface area contributed by atoms with Gasteiger partial charge >= 0.3 is 0 Å². The van der Waals surface area contributed by atoms with Crippen LogP contribution in [0.15, 0.2) is 24.3 Å². The first-order valence-corrected chi connectivity index (χ1v) is 8.29. The Morgan fingerprint density at radius 3 is 2.26 bits per heavy atom. The van der Waals surface area contributed by atoms with Gasteiger partial charge in [-0.2, -0.15) is 0 Å². The summed E-state index contributed by atoms with van der Waals surface area (Å²) in [5.74, 6) is 0.529. The maximum Gasteiger partial charge on any atom is 0.279 e. The van der Waals surface area contributed by atoms with E-state index in [-0.39, 0.29) is 11.8 Å². The number of carbonyl (C=O) groups excluding carboxylic acids is 2. The minimum atomic E-state index is -0.684. The van der Waals surface area contributed by atoms with Crippen LogP contribution in [-0.2, 0) is 9.59 Å². The number of carbonyl (C=O) groups is 2. The van der Waals surface area contributed by atoms with Crippen molar-refractivity contribution in [2.24, 2.45) is 0 Å². The zero-order valence-corrected chi connectivity index (χ0v) is 14.5. The van der Waals surface area contributed by atoms with E-state index in [1.807, 2.05) is 24.3 Å². The van der Waals surface area contributed by atoms with Crippen LogP contribution in [-0.4, -0.2) is 17.9 Å². The van der Waals surface area contributed by atoms with Gasteiger partial charge in [0.1, 0.15) is 5.75 Å². The smallest absolute Gasteiger partial charge is 0.279 e. The van der Waals surface area contributed by atoms with E-state index in [1.165, 1.54) is 5.56 Å². The van der Waals surface area contributed by atoms with Crippen LogP contribution >= 0.6 is 0 Å². The minimum absolute atomic E-state index is 0.180. The van der Waals surface area contributed by atoms with E-state index in [2.05, 4.69) is 31.6 Å². The molecule has 0 spiro atoms.